The summed E-state index contributed by atoms with van der Waals surface area (Å²) in [5.74, 6) is 0.572. The fraction of sp³-hybridized carbons (Fsp3) is 0.455. The minimum atomic E-state index is -3.34. The van der Waals surface area contributed by atoms with Crippen molar-refractivity contribution >= 4 is 21.7 Å². The molecule has 19 heavy (non-hydrogen) atoms. The van der Waals surface area contributed by atoms with Gasteiger partial charge in [-0.25, -0.2) is 8.42 Å². The maximum Gasteiger partial charge on any atom is 0.226 e. The van der Waals surface area contributed by atoms with Gasteiger partial charge in [0.15, 0.2) is 5.82 Å². The lowest BCUT2D eigenvalue weighted by Crippen LogP contribution is -2.33. The maximum atomic E-state index is 11.6. The number of sulfonamides is 1. The number of aromatic nitrogens is 1. The summed E-state index contributed by atoms with van der Waals surface area (Å²) >= 11 is 0. The number of amides is 1. The van der Waals surface area contributed by atoms with Gasteiger partial charge in [-0.3, -0.25) is 4.79 Å². The summed E-state index contributed by atoms with van der Waals surface area (Å²) in [4.78, 5) is 11.6. The lowest BCUT2D eigenvalue weighted by atomic mass is 10.4. The fourth-order valence-corrected chi connectivity index (χ4v) is 2.19. The number of carbonyl (C=O) groups excluding carboxylic acids is 1. The predicted octanol–water partition coefficient (Wildman–Crippen LogP) is 0.759. The third kappa shape index (κ3) is 5.23. The molecule has 0 saturated heterocycles. The number of carbonyl (C=O) groups is 1. The van der Waals surface area contributed by atoms with Crippen LogP contribution in [-0.4, -0.2) is 43.1 Å². The molecule has 1 aromatic heterocycles. The van der Waals surface area contributed by atoms with Crippen molar-refractivity contribution in [1.29, 1.82) is 0 Å². The van der Waals surface area contributed by atoms with Gasteiger partial charge in [-0.1, -0.05) is 11.2 Å². The Bertz CT molecular complexity index is 550. The summed E-state index contributed by atoms with van der Waals surface area (Å²) in [5, 5.41) is 6.13. The van der Waals surface area contributed by atoms with Gasteiger partial charge in [-0.2, -0.15) is 4.31 Å². The molecule has 1 rings (SSSR count). The Morgan fingerprint density at radius 1 is 1.63 bits per heavy atom. The highest BCUT2D eigenvalue weighted by Crippen LogP contribution is 2.08. The molecule has 0 saturated carbocycles. The number of nitrogens with one attached hydrogen (secondary N) is 1. The molecule has 0 radical (unpaired) electrons. The fourth-order valence-electron chi connectivity index (χ4n) is 1.39. The number of aryl methyl sites for hydroxylation is 1. The zero-order chi connectivity index (χ0) is 14.5. The summed E-state index contributed by atoms with van der Waals surface area (Å²) in [5.41, 5.74) is 0. The Balaban J connectivity index is 2.50. The summed E-state index contributed by atoms with van der Waals surface area (Å²) in [6, 6.07) is 1.58. The van der Waals surface area contributed by atoms with Crippen LogP contribution in [0.3, 0.4) is 0 Å². The van der Waals surface area contributed by atoms with Gasteiger partial charge in [0, 0.05) is 25.6 Å². The summed E-state index contributed by atoms with van der Waals surface area (Å²) < 4.78 is 28.8. The Morgan fingerprint density at radius 3 is 2.79 bits per heavy atom. The van der Waals surface area contributed by atoms with Gasteiger partial charge in [0.05, 0.1) is 6.26 Å². The van der Waals surface area contributed by atoms with Crippen LogP contribution in [0.4, 0.5) is 5.82 Å². The van der Waals surface area contributed by atoms with Crippen molar-refractivity contribution in [3.05, 3.63) is 24.5 Å². The van der Waals surface area contributed by atoms with Gasteiger partial charge in [0.25, 0.3) is 0 Å². The van der Waals surface area contributed by atoms with E-state index in [0.717, 1.165) is 6.26 Å². The summed E-state index contributed by atoms with van der Waals surface area (Å²) in [6.45, 7) is 5.46. The lowest BCUT2D eigenvalue weighted by molar-refractivity contribution is -0.116. The lowest BCUT2D eigenvalue weighted by Gasteiger charge is -2.17. The molecule has 0 bridgehead atoms. The van der Waals surface area contributed by atoms with Gasteiger partial charge in [-0.15, -0.1) is 6.58 Å². The zero-order valence-electron chi connectivity index (χ0n) is 10.9. The average Bonchev–Trinajstić information content (AvgIpc) is 2.68. The van der Waals surface area contributed by atoms with Crippen LogP contribution < -0.4 is 5.32 Å². The molecule has 0 atom stereocenters. The van der Waals surface area contributed by atoms with E-state index in [4.69, 9.17) is 4.52 Å². The smallest absolute Gasteiger partial charge is 0.226 e. The van der Waals surface area contributed by atoms with Gasteiger partial charge in [0.1, 0.15) is 5.76 Å². The van der Waals surface area contributed by atoms with Crippen LogP contribution in [0, 0.1) is 6.92 Å². The molecule has 106 valence electrons. The van der Waals surface area contributed by atoms with Crippen molar-refractivity contribution in [2.24, 2.45) is 0 Å². The third-order valence-corrected chi connectivity index (χ3v) is 3.56. The third-order valence-electron chi connectivity index (χ3n) is 2.29. The molecule has 0 aliphatic rings. The number of hydrogen-bond donors (Lipinski definition) is 1. The van der Waals surface area contributed by atoms with Crippen LogP contribution in [0.2, 0.25) is 0 Å². The molecule has 0 aliphatic carbocycles. The molecular formula is C11H17N3O4S. The van der Waals surface area contributed by atoms with Crippen LogP contribution in [0.5, 0.6) is 0 Å². The molecule has 0 fully saturated rings. The van der Waals surface area contributed by atoms with E-state index in [0.29, 0.717) is 11.6 Å². The molecule has 1 heterocycles. The van der Waals surface area contributed by atoms with Crippen LogP contribution in [0.25, 0.3) is 0 Å². The summed E-state index contributed by atoms with van der Waals surface area (Å²) in [7, 11) is -3.34. The minimum absolute atomic E-state index is 0.0345. The van der Waals surface area contributed by atoms with Crippen molar-refractivity contribution in [3.63, 3.8) is 0 Å². The van der Waals surface area contributed by atoms with Crippen LogP contribution in [-0.2, 0) is 14.8 Å². The topological polar surface area (TPSA) is 92.5 Å². The quantitative estimate of drug-likeness (QED) is 0.747. The second-order valence-electron chi connectivity index (χ2n) is 4.03. The molecule has 0 spiro atoms. The monoisotopic (exact) mass is 287 g/mol. The van der Waals surface area contributed by atoms with Crippen molar-refractivity contribution in [2.75, 3.05) is 24.7 Å². The van der Waals surface area contributed by atoms with Gasteiger partial charge in [0.2, 0.25) is 15.9 Å². The Labute approximate surface area is 112 Å². The Hall–Kier alpha value is -1.67. The predicted molar refractivity (Wildman–Crippen MR) is 71.1 cm³/mol. The molecule has 0 unspecified atom stereocenters. The van der Waals surface area contributed by atoms with Crippen molar-refractivity contribution in [1.82, 2.24) is 9.46 Å². The first kappa shape index (κ1) is 15.4. The number of rotatable bonds is 7. The zero-order valence-corrected chi connectivity index (χ0v) is 11.7. The van der Waals surface area contributed by atoms with E-state index in [1.807, 2.05) is 0 Å². The Morgan fingerprint density at radius 2 is 2.32 bits per heavy atom. The van der Waals surface area contributed by atoms with Crippen molar-refractivity contribution < 1.29 is 17.7 Å². The second kappa shape index (κ2) is 6.48. The second-order valence-corrected chi connectivity index (χ2v) is 6.01. The molecular weight excluding hydrogens is 270 g/mol. The first-order valence-electron chi connectivity index (χ1n) is 5.62. The van der Waals surface area contributed by atoms with E-state index >= 15 is 0 Å². The maximum absolute atomic E-state index is 11.6. The van der Waals surface area contributed by atoms with E-state index in [1.54, 1.807) is 13.0 Å². The summed E-state index contributed by atoms with van der Waals surface area (Å²) in [6.07, 6.45) is 2.60. The van der Waals surface area contributed by atoms with Crippen LogP contribution in [0.1, 0.15) is 12.2 Å². The molecule has 0 aliphatic heterocycles. The van der Waals surface area contributed by atoms with E-state index in [9.17, 15) is 13.2 Å². The van der Waals surface area contributed by atoms with Crippen LogP contribution >= 0.6 is 0 Å². The molecule has 1 aromatic rings. The molecule has 1 N–H and O–H groups in total. The van der Waals surface area contributed by atoms with Gasteiger partial charge in [-0.05, 0) is 6.92 Å². The average molecular weight is 287 g/mol. The number of hydrogen-bond acceptors (Lipinski definition) is 5. The largest absolute Gasteiger partial charge is 0.360 e. The molecule has 0 aromatic carbocycles. The first-order valence-corrected chi connectivity index (χ1v) is 7.47. The highest BCUT2D eigenvalue weighted by molar-refractivity contribution is 7.88. The highest BCUT2D eigenvalue weighted by Gasteiger charge is 2.16. The molecule has 1 amide bonds. The highest BCUT2D eigenvalue weighted by atomic mass is 32.2. The van der Waals surface area contributed by atoms with Crippen LogP contribution in [0.15, 0.2) is 23.2 Å². The van der Waals surface area contributed by atoms with E-state index in [2.05, 4.69) is 17.1 Å². The Kier molecular flexibility index (Phi) is 5.25. The van der Waals surface area contributed by atoms with E-state index in [-0.39, 0.29) is 25.4 Å². The SMILES string of the molecule is C=CCN(CCC(=O)Nc1cc(C)on1)S(C)(=O)=O. The van der Waals surface area contributed by atoms with Gasteiger partial charge >= 0.3 is 0 Å². The van der Waals surface area contributed by atoms with Crippen molar-refractivity contribution in [2.45, 2.75) is 13.3 Å². The number of nitrogens with zero attached hydrogens (tertiary/aromatic N) is 2. The standard InChI is InChI=1S/C11H17N3O4S/c1-4-6-14(19(3,16)17)7-5-11(15)12-10-8-9(2)18-13-10/h4,8H,1,5-7H2,2-3H3,(H,12,13,15). The van der Waals surface area contributed by atoms with E-state index in [1.165, 1.54) is 10.4 Å². The van der Waals surface area contributed by atoms with E-state index < -0.39 is 10.0 Å². The molecule has 7 nitrogen and oxygen atoms in total. The van der Waals surface area contributed by atoms with Gasteiger partial charge < -0.3 is 9.84 Å². The van der Waals surface area contributed by atoms with Crippen molar-refractivity contribution in [3.8, 4) is 0 Å². The number of anilines is 1. The molecule has 8 heteroatoms. The normalized spacial score (nSPS) is 11.5. The minimum Gasteiger partial charge on any atom is -0.360 e. The first-order chi connectivity index (χ1) is 8.82.